The second kappa shape index (κ2) is 8.64. The molecule has 0 bridgehead atoms. The molecule has 1 aromatic carbocycles. The third-order valence-corrected chi connectivity index (χ3v) is 6.41. The zero-order valence-electron chi connectivity index (χ0n) is 18.2. The van der Waals surface area contributed by atoms with Crippen molar-refractivity contribution in [3.8, 4) is 17.1 Å². The van der Waals surface area contributed by atoms with Gasteiger partial charge in [0, 0.05) is 18.5 Å². The van der Waals surface area contributed by atoms with Crippen LogP contribution in [-0.2, 0) is 19.3 Å². The van der Waals surface area contributed by atoms with Crippen LogP contribution in [0.2, 0.25) is 0 Å². The summed E-state index contributed by atoms with van der Waals surface area (Å²) in [4.78, 5) is 12.9. The Hall–Kier alpha value is -4.18. The Morgan fingerprint density at radius 3 is 2.79 bits per heavy atom. The van der Waals surface area contributed by atoms with Gasteiger partial charge in [0.05, 0.1) is 16.8 Å². The quantitative estimate of drug-likeness (QED) is 0.556. The molecular weight excluding hydrogens is 456 g/mol. The molecule has 0 atom stereocenters. The van der Waals surface area contributed by atoms with Crippen LogP contribution in [0.3, 0.4) is 0 Å². The third-order valence-electron chi connectivity index (χ3n) is 5.30. The monoisotopic (exact) mass is 476 g/mol. The number of hydrogen-bond acceptors (Lipinski definition) is 7. The van der Waals surface area contributed by atoms with Gasteiger partial charge in [-0.2, -0.15) is 14.9 Å². The molecule has 2 aliphatic rings. The van der Waals surface area contributed by atoms with Crippen molar-refractivity contribution in [1.29, 1.82) is 0 Å². The van der Waals surface area contributed by atoms with Gasteiger partial charge in [-0.25, -0.2) is 13.1 Å². The van der Waals surface area contributed by atoms with Crippen molar-refractivity contribution in [1.82, 2.24) is 19.6 Å². The third kappa shape index (κ3) is 4.23. The fourth-order valence-corrected chi connectivity index (χ4v) is 4.26. The number of hydrogen-bond donors (Lipinski definition) is 0. The Kier molecular flexibility index (Phi) is 5.50. The molecular formula is C24H20N4O5S. The highest BCUT2D eigenvalue weighted by Crippen LogP contribution is 2.29. The van der Waals surface area contributed by atoms with Gasteiger partial charge in [0.2, 0.25) is 5.43 Å². The lowest BCUT2D eigenvalue weighted by molar-refractivity contribution is 0.265. The Morgan fingerprint density at radius 1 is 1.12 bits per heavy atom. The molecule has 3 aromatic rings. The molecule has 0 spiro atoms. The number of aromatic nitrogens is 4. The van der Waals surface area contributed by atoms with Gasteiger partial charge in [0.1, 0.15) is 12.0 Å². The van der Waals surface area contributed by atoms with E-state index in [-0.39, 0.29) is 21.9 Å². The number of sulfone groups is 1. The van der Waals surface area contributed by atoms with Crippen LogP contribution in [-0.4, -0.2) is 34.2 Å². The number of allylic oxidation sites excluding steroid dienone is 4. The molecule has 0 N–H and O–H groups in total. The molecule has 1 aliphatic carbocycles. The Labute approximate surface area is 195 Å². The summed E-state index contributed by atoms with van der Waals surface area (Å²) >= 11 is 0. The molecule has 9 nitrogen and oxygen atoms in total. The SMILES string of the molecule is CS(=O)(=O)c1cccc(-n2ccc(=O)c(-c3ccnn3C3=COC=C(C4=CC=CCC4)O3)n2)c1. The van der Waals surface area contributed by atoms with Gasteiger partial charge in [-0.05, 0) is 42.7 Å². The standard InChI is InChI=1S/C24H20N4O5S/c1-34(30,31)19-9-5-8-18(14-19)27-13-11-21(29)24(26-27)20-10-12-25-28(20)23-16-32-15-22(33-23)17-6-3-2-4-7-17/h2-3,5-6,8-16H,4,7H2,1H3. The number of rotatable bonds is 5. The van der Waals surface area contributed by atoms with Crippen molar-refractivity contribution in [2.75, 3.05) is 6.26 Å². The van der Waals surface area contributed by atoms with Gasteiger partial charge in [-0.3, -0.25) is 4.79 Å². The lowest BCUT2D eigenvalue weighted by atomic mass is 10.0. The number of ether oxygens (including phenoxy) is 2. The molecule has 172 valence electrons. The molecule has 0 saturated carbocycles. The predicted octanol–water partition coefficient (Wildman–Crippen LogP) is 3.42. The molecule has 34 heavy (non-hydrogen) atoms. The van der Waals surface area contributed by atoms with Crippen LogP contribution in [0.4, 0.5) is 0 Å². The van der Waals surface area contributed by atoms with Crippen LogP contribution in [0.5, 0.6) is 0 Å². The molecule has 3 heterocycles. The minimum Gasteiger partial charge on any atom is -0.463 e. The number of nitrogens with zero attached hydrogens (tertiary/aromatic N) is 4. The predicted molar refractivity (Wildman–Crippen MR) is 125 cm³/mol. The first-order valence-corrected chi connectivity index (χ1v) is 12.3. The van der Waals surface area contributed by atoms with Crippen LogP contribution < -0.4 is 5.43 Å². The van der Waals surface area contributed by atoms with Gasteiger partial charge in [-0.15, -0.1) is 0 Å². The van der Waals surface area contributed by atoms with E-state index in [1.165, 1.54) is 52.5 Å². The summed E-state index contributed by atoms with van der Waals surface area (Å²) in [5.41, 5.74) is 1.67. The fraction of sp³-hybridized carbons (Fsp3) is 0.125. The minimum atomic E-state index is -3.40. The van der Waals surface area contributed by atoms with Crippen molar-refractivity contribution in [2.24, 2.45) is 0 Å². The zero-order chi connectivity index (χ0) is 23.7. The molecule has 0 fully saturated rings. The van der Waals surface area contributed by atoms with E-state index in [1.54, 1.807) is 18.2 Å². The van der Waals surface area contributed by atoms with Gasteiger partial charge < -0.3 is 9.47 Å². The normalized spacial score (nSPS) is 15.6. The van der Waals surface area contributed by atoms with Crippen LogP contribution in [0.1, 0.15) is 12.8 Å². The Balaban J connectivity index is 1.51. The second-order valence-electron chi connectivity index (χ2n) is 7.71. The highest BCUT2D eigenvalue weighted by atomic mass is 32.2. The summed E-state index contributed by atoms with van der Waals surface area (Å²) in [5, 5.41) is 8.76. The first-order valence-electron chi connectivity index (χ1n) is 10.5. The molecule has 0 radical (unpaired) electrons. The fourth-order valence-electron chi connectivity index (χ4n) is 3.60. The summed E-state index contributed by atoms with van der Waals surface area (Å²) in [7, 11) is -3.40. The van der Waals surface area contributed by atoms with Crippen molar-refractivity contribution in [3.63, 3.8) is 0 Å². The van der Waals surface area contributed by atoms with Crippen LogP contribution in [0.15, 0.2) is 101 Å². The maximum atomic E-state index is 12.7. The van der Waals surface area contributed by atoms with Crippen LogP contribution >= 0.6 is 0 Å². The van der Waals surface area contributed by atoms with Gasteiger partial charge in [-0.1, -0.05) is 24.3 Å². The highest BCUT2D eigenvalue weighted by molar-refractivity contribution is 7.90. The van der Waals surface area contributed by atoms with Gasteiger partial charge in [0.25, 0.3) is 5.88 Å². The first-order chi connectivity index (χ1) is 16.4. The molecule has 2 aromatic heterocycles. The summed E-state index contributed by atoms with van der Waals surface area (Å²) in [6.45, 7) is 0. The second-order valence-corrected chi connectivity index (χ2v) is 9.72. The zero-order valence-corrected chi connectivity index (χ0v) is 19.0. The molecule has 10 heteroatoms. The molecule has 0 unspecified atom stereocenters. The lowest BCUT2D eigenvalue weighted by Crippen LogP contribution is -2.16. The molecule has 1 aliphatic heterocycles. The average molecular weight is 477 g/mol. The minimum absolute atomic E-state index is 0.116. The van der Waals surface area contributed by atoms with E-state index in [1.807, 2.05) is 12.2 Å². The molecule has 0 amide bonds. The summed E-state index contributed by atoms with van der Waals surface area (Å²) < 4.78 is 38.3. The van der Waals surface area contributed by atoms with Crippen molar-refractivity contribution in [3.05, 3.63) is 101 Å². The highest BCUT2D eigenvalue weighted by Gasteiger charge is 2.21. The maximum Gasteiger partial charge on any atom is 0.257 e. The topological polar surface area (TPSA) is 105 Å². The lowest BCUT2D eigenvalue weighted by Gasteiger charge is -2.20. The van der Waals surface area contributed by atoms with Gasteiger partial charge in [0.15, 0.2) is 27.6 Å². The van der Waals surface area contributed by atoms with Crippen LogP contribution in [0, 0.1) is 0 Å². The molecule has 5 rings (SSSR count). The molecule has 0 saturated heterocycles. The van der Waals surface area contributed by atoms with E-state index >= 15 is 0 Å². The number of benzene rings is 1. The summed E-state index contributed by atoms with van der Waals surface area (Å²) in [5.74, 6) is 0.850. The van der Waals surface area contributed by atoms with E-state index in [0.29, 0.717) is 17.1 Å². The van der Waals surface area contributed by atoms with E-state index < -0.39 is 9.84 Å². The Bertz CT molecular complexity index is 1560. The van der Waals surface area contributed by atoms with Crippen LogP contribution in [0.25, 0.3) is 23.0 Å². The van der Waals surface area contributed by atoms with E-state index in [2.05, 4.69) is 16.3 Å². The van der Waals surface area contributed by atoms with E-state index in [4.69, 9.17) is 9.47 Å². The van der Waals surface area contributed by atoms with Crippen molar-refractivity contribution >= 4 is 15.7 Å². The van der Waals surface area contributed by atoms with Crippen molar-refractivity contribution < 1.29 is 17.9 Å². The summed E-state index contributed by atoms with van der Waals surface area (Å²) in [6, 6.07) is 9.34. The van der Waals surface area contributed by atoms with E-state index in [9.17, 15) is 13.2 Å². The largest absolute Gasteiger partial charge is 0.463 e. The maximum absolute atomic E-state index is 12.7. The first kappa shape index (κ1) is 21.7. The summed E-state index contributed by atoms with van der Waals surface area (Å²) in [6.07, 6.45) is 14.8. The van der Waals surface area contributed by atoms with Crippen molar-refractivity contribution in [2.45, 2.75) is 17.7 Å². The Morgan fingerprint density at radius 2 is 2.00 bits per heavy atom. The smallest absolute Gasteiger partial charge is 0.257 e. The average Bonchev–Trinajstić information content (AvgIpc) is 3.34. The van der Waals surface area contributed by atoms with E-state index in [0.717, 1.165) is 24.7 Å². The van der Waals surface area contributed by atoms with Gasteiger partial charge >= 0.3 is 0 Å².